The first-order valence-electron chi connectivity index (χ1n) is 7.24. The van der Waals surface area contributed by atoms with Gasteiger partial charge >= 0.3 is 6.01 Å². The molecule has 0 radical (unpaired) electrons. The smallest absolute Gasteiger partial charge is 0.321 e. The molecule has 0 fully saturated rings. The van der Waals surface area contributed by atoms with E-state index in [0.717, 1.165) is 0 Å². The van der Waals surface area contributed by atoms with Gasteiger partial charge in [0, 0.05) is 0 Å². The average molecular weight is 388 g/mol. The van der Waals surface area contributed by atoms with Crippen molar-refractivity contribution in [2.75, 3.05) is 31.6 Å². The fourth-order valence-electron chi connectivity index (χ4n) is 1.86. The predicted octanol–water partition coefficient (Wildman–Crippen LogP) is 1.15. The van der Waals surface area contributed by atoms with Gasteiger partial charge in [0.25, 0.3) is 0 Å². The lowest BCUT2D eigenvalue weighted by molar-refractivity contribution is 0.333. The number of halogens is 1. The highest BCUT2D eigenvalue weighted by Crippen LogP contribution is 2.23. The lowest BCUT2D eigenvalue weighted by Gasteiger charge is -2.12. The molecule has 0 saturated carbocycles. The van der Waals surface area contributed by atoms with Gasteiger partial charge in [-0.1, -0.05) is 12.1 Å². The summed E-state index contributed by atoms with van der Waals surface area (Å²) in [5.74, 6) is 1.12. The highest BCUT2D eigenvalue weighted by Gasteiger charge is 2.19. The summed E-state index contributed by atoms with van der Waals surface area (Å²) in [5, 5.41) is 2.75. The maximum absolute atomic E-state index is 12.5. The summed E-state index contributed by atoms with van der Waals surface area (Å²) in [4.78, 5) is 12.0. The second-order valence-electron chi connectivity index (χ2n) is 4.68. The number of anilines is 1. The van der Waals surface area contributed by atoms with Crippen LogP contribution < -0.4 is 19.5 Å². The minimum atomic E-state index is -3.80. The number of aromatic nitrogens is 3. The summed E-state index contributed by atoms with van der Waals surface area (Å²) in [6.07, 6.45) is 0. The van der Waals surface area contributed by atoms with Crippen LogP contribution in [0.5, 0.6) is 11.8 Å². The number of benzene rings is 1. The van der Waals surface area contributed by atoms with Gasteiger partial charge in [-0.15, -0.1) is 11.6 Å². The number of alkyl halides is 1. The van der Waals surface area contributed by atoms with Gasteiger partial charge in [-0.2, -0.15) is 19.7 Å². The summed E-state index contributed by atoms with van der Waals surface area (Å²) in [6, 6.07) is 6.44. The predicted molar refractivity (Wildman–Crippen MR) is 92.6 cm³/mol. The third kappa shape index (κ3) is 5.41. The molecule has 2 N–H and O–H groups in total. The number of nitrogens with zero attached hydrogens (tertiary/aromatic N) is 3. The Bertz CT molecular complexity index is 819. The molecule has 11 heteroatoms. The molecule has 0 bridgehead atoms. The van der Waals surface area contributed by atoms with E-state index >= 15 is 0 Å². The largest absolute Gasteiger partial charge is 0.491 e. The van der Waals surface area contributed by atoms with Gasteiger partial charge in [0.1, 0.15) is 23.1 Å². The summed E-state index contributed by atoms with van der Waals surface area (Å²) in [5.41, 5.74) is 0. The van der Waals surface area contributed by atoms with Crippen molar-refractivity contribution in [1.82, 2.24) is 19.7 Å². The van der Waals surface area contributed by atoms with Gasteiger partial charge in [0.15, 0.2) is 0 Å². The van der Waals surface area contributed by atoms with Gasteiger partial charge in [0.05, 0.1) is 19.7 Å². The van der Waals surface area contributed by atoms with Crippen LogP contribution in [0.25, 0.3) is 0 Å². The van der Waals surface area contributed by atoms with E-state index in [1.807, 2.05) is 0 Å². The molecular formula is C14H18ClN5O4S. The van der Waals surface area contributed by atoms with Gasteiger partial charge in [0.2, 0.25) is 16.0 Å². The van der Waals surface area contributed by atoms with E-state index in [1.54, 1.807) is 25.1 Å². The highest BCUT2D eigenvalue weighted by molar-refractivity contribution is 7.89. The summed E-state index contributed by atoms with van der Waals surface area (Å²) in [6.45, 7) is 1.75. The van der Waals surface area contributed by atoms with E-state index in [9.17, 15) is 8.42 Å². The fraction of sp³-hybridized carbons (Fsp3) is 0.357. The molecule has 2 rings (SSSR count). The van der Waals surface area contributed by atoms with Crippen molar-refractivity contribution in [3.05, 3.63) is 30.1 Å². The molecule has 2 aromatic rings. The maximum Gasteiger partial charge on any atom is 0.321 e. The zero-order chi connectivity index (χ0) is 18.3. The molecule has 9 nitrogen and oxygen atoms in total. The van der Waals surface area contributed by atoms with Gasteiger partial charge in [-0.25, -0.2) is 8.42 Å². The first-order valence-corrected chi connectivity index (χ1v) is 9.26. The Hall–Kier alpha value is -2.17. The molecule has 0 unspecified atom stereocenters. The Balaban J connectivity index is 2.06. The van der Waals surface area contributed by atoms with E-state index in [4.69, 9.17) is 21.1 Å². The second-order valence-corrected chi connectivity index (χ2v) is 6.79. The molecule has 1 aromatic carbocycles. The minimum Gasteiger partial charge on any atom is -0.491 e. The summed E-state index contributed by atoms with van der Waals surface area (Å²) >= 11 is 5.58. The van der Waals surface area contributed by atoms with Crippen molar-refractivity contribution in [1.29, 1.82) is 0 Å². The molecular weight excluding hydrogens is 370 g/mol. The van der Waals surface area contributed by atoms with Crippen molar-refractivity contribution in [2.24, 2.45) is 0 Å². The van der Waals surface area contributed by atoms with Crippen LogP contribution in [0.4, 0.5) is 5.95 Å². The molecule has 1 heterocycles. The highest BCUT2D eigenvalue weighted by atomic mass is 35.5. The summed E-state index contributed by atoms with van der Waals surface area (Å²) < 4.78 is 37.6. The van der Waals surface area contributed by atoms with Crippen LogP contribution >= 0.6 is 11.6 Å². The van der Waals surface area contributed by atoms with Gasteiger partial charge in [-0.3, -0.25) is 0 Å². The number of aryl methyl sites for hydroxylation is 1. The zero-order valence-electron chi connectivity index (χ0n) is 13.7. The number of ether oxygens (including phenoxy) is 2. The van der Waals surface area contributed by atoms with Crippen molar-refractivity contribution < 1.29 is 17.9 Å². The molecule has 0 amide bonds. The SMILES string of the molecule is COc1nc(C)nc(NCNS(=O)(=O)c2ccccc2OCCCl)n1. The van der Waals surface area contributed by atoms with Crippen LogP contribution in [-0.2, 0) is 10.0 Å². The van der Waals surface area contributed by atoms with Gasteiger partial charge in [-0.05, 0) is 19.1 Å². The maximum atomic E-state index is 12.5. The van der Waals surface area contributed by atoms with E-state index < -0.39 is 10.0 Å². The van der Waals surface area contributed by atoms with Crippen molar-refractivity contribution in [3.63, 3.8) is 0 Å². The lowest BCUT2D eigenvalue weighted by atomic mass is 10.3. The number of hydrogen-bond donors (Lipinski definition) is 2. The van der Waals surface area contributed by atoms with Gasteiger partial charge < -0.3 is 14.8 Å². The first-order chi connectivity index (χ1) is 12.0. The van der Waals surface area contributed by atoms with Crippen LogP contribution in [0.1, 0.15) is 5.82 Å². The Kier molecular flexibility index (Phi) is 6.73. The standard InChI is InChI=1S/C14H18ClN5O4S/c1-10-18-13(20-14(19-10)23-2)16-9-17-25(21,22)12-6-4-3-5-11(12)24-8-7-15/h3-6,17H,7-9H2,1-2H3,(H,16,18,19,20). The third-order valence-electron chi connectivity index (χ3n) is 2.89. The molecule has 0 aliphatic rings. The van der Waals surface area contributed by atoms with Crippen LogP contribution in [0, 0.1) is 6.92 Å². The molecule has 0 atom stereocenters. The van der Waals surface area contributed by atoms with E-state index in [-0.39, 0.29) is 41.8 Å². The summed E-state index contributed by atoms with van der Waals surface area (Å²) in [7, 11) is -2.37. The second kappa shape index (κ2) is 8.79. The van der Waals surface area contributed by atoms with Crippen LogP contribution in [0.3, 0.4) is 0 Å². The van der Waals surface area contributed by atoms with E-state index in [1.165, 1.54) is 13.2 Å². The van der Waals surface area contributed by atoms with Crippen LogP contribution in [0.2, 0.25) is 0 Å². The first kappa shape index (κ1) is 19.2. The third-order valence-corrected chi connectivity index (χ3v) is 4.49. The number of rotatable bonds is 9. The topological polar surface area (TPSA) is 115 Å². The lowest BCUT2D eigenvalue weighted by Crippen LogP contribution is -2.30. The van der Waals surface area contributed by atoms with Crippen molar-refractivity contribution in [3.8, 4) is 11.8 Å². The molecule has 0 aliphatic heterocycles. The quantitative estimate of drug-likeness (QED) is 0.486. The Labute approximate surface area is 150 Å². The number of nitrogens with one attached hydrogen (secondary N) is 2. The number of sulfonamides is 1. The fourth-order valence-corrected chi connectivity index (χ4v) is 3.00. The molecule has 25 heavy (non-hydrogen) atoms. The van der Waals surface area contributed by atoms with Crippen molar-refractivity contribution in [2.45, 2.75) is 11.8 Å². The number of para-hydroxylation sites is 1. The van der Waals surface area contributed by atoms with Crippen molar-refractivity contribution >= 4 is 27.6 Å². The Morgan fingerprint density at radius 2 is 1.96 bits per heavy atom. The van der Waals surface area contributed by atoms with E-state index in [2.05, 4.69) is 25.0 Å². The number of hydrogen-bond acceptors (Lipinski definition) is 8. The monoisotopic (exact) mass is 387 g/mol. The minimum absolute atomic E-state index is 0.0197. The average Bonchev–Trinajstić information content (AvgIpc) is 2.59. The molecule has 0 spiro atoms. The molecule has 0 saturated heterocycles. The van der Waals surface area contributed by atoms with Crippen LogP contribution in [0.15, 0.2) is 29.2 Å². The Morgan fingerprint density at radius 3 is 2.68 bits per heavy atom. The zero-order valence-corrected chi connectivity index (χ0v) is 15.3. The number of methoxy groups -OCH3 is 1. The molecule has 1 aromatic heterocycles. The molecule has 0 aliphatic carbocycles. The Morgan fingerprint density at radius 1 is 1.20 bits per heavy atom. The normalized spacial score (nSPS) is 11.2. The van der Waals surface area contributed by atoms with Crippen LogP contribution in [-0.4, -0.2) is 49.6 Å². The van der Waals surface area contributed by atoms with E-state index in [0.29, 0.717) is 5.82 Å². The molecule has 136 valence electrons.